The van der Waals surface area contributed by atoms with E-state index in [1.165, 1.54) is 12.5 Å². The highest BCUT2D eigenvalue weighted by Gasteiger charge is 2.34. The molecular weight excluding hydrogens is 352 g/mol. The molecule has 0 unspecified atom stereocenters. The highest BCUT2D eigenvalue weighted by molar-refractivity contribution is 8.30. The van der Waals surface area contributed by atoms with Gasteiger partial charge in [-0.25, -0.2) is 0 Å². The van der Waals surface area contributed by atoms with Gasteiger partial charge in [0.25, 0.3) is 0 Å². The van der Waals surface area contributed by atoms with E-state index in [9.17, 15) is 4.79 Å². The first-order valence-corrected chi connectivity index (χ1v) is 10.6. The third-order valence-electron chi connectivity index (χ3n) is 4.44. The molecule has 0 bridgehead atoms. The quantitative estimate of drug-likeness (QED) is 0.502. The molecule has 140 valence electrons. The molecule has 0 radical (unpaired) electrons. The highest BCUT2D eigenvalue weighted by atomic mass is 32.3. The second-order valence-electron chi connectivity index (χ2n) is 7.53. The van der Waals surface area contributed by atoms with E-state index in [0.717, 1.165) is 14.7 Å². The van der Waals surface area contributed by atoms with E-state index >= 15 is 0 Å². The Kier molecular flexibility index (Phi) is 5.43. The first-order valence-electron chi connectivity index (χ1n) is 9.08. The molecule has 0 amide bonds. The largest absolute Gasteiger partial charge is 0.402 e. The van der Waals surface area contributed by atoms with Crippen molar-refractivity contribution in [1.29, 1.82) is 0 Å². The van der Waals surface area contributed by atoms with E-state index in [1.54, 1.807) is 0 Å². The molecule has 0 aliphatic rings. The molecule has 3 rings (SSSR count). The molecule has 0 spiro atoms. The molecule has 0 saturated heterocycles. The van der Waals surface area contributed by atoms with Crippen LogP contribution < -0.4 is 0 Å². The number of carbonyl (C=O) groups excluding carboxylic acids is 1. The molecule has 0 fully saturated rings. The molecule has 0 saturated carbocycles. The van der Waals surface area contributed by atoms with Crippen molar-refractivity contribution in [3.05, 3.63) is 90.5 Å². The van der Waals surface area contributed by atoms with Gasteiger partial charge in [-0.3, -0.25) is 4.79 Å². The Bertz CT molecular complexity index is 855. The molecule has 3 aromatic carbocycles. The molecule has 0 atom stereocenters. The Labute approximate surface area is 163 Å². The highest BCUT2D eigenvalue weighted by Crippen LogP contribution is 2.69. The van der Waals surface area contributed by atoms with Crippen LogP contribution in [0.25, 0.3) is 0 Å². The first kappa shape index (κ1) is 19.2. The topological polar surface area (TPSA) is 26.3 Å². The number of benzene rings is 3. The summed E-state index contributed by atoms with van der Waals surface area (Å²) in [5, 5.41) is 0. The third-order valence-corrected chi connectivity index (χ3v) is 7.74. The Morgan fingerprint density at radius 1 is 0.704 bits per heavy atom. The van der Waals surface area contributed by atoms with E-state index in [4.69, 9.17) is 4.18 Å². The van der Waals surface area contributed by atoms with Gasteiger partial charge in [-0.15, -0.1) is 0 Å². The van der Waals surface area contributed by atoms with E-state index in [0.29, 0.717) is 0 Å². The van der Waals surface area contributed by atoms with Crippen LogP contribution in [-0.4, -0.2) is 5.97 Å². The minimum absolute atomic E-state index is 0.0669. The fourth-order valence-electron chi connectivity index (χ4n) is 3.10. The summed E-state index contributed by atoms with van der Waals surface area (Å²) in [4.78, 5) is 15.2. The van der Waals surface area contributed by atoms with Gasteiger partial charge in [-0.2, -0.15) is 0 Å². The number of rotatable bonds is 4. The zero-order chi connectivity index (χ0) is 19.5. The fraction of sp³-hybridized carbons (Fsp3) is 0.208. The van der Waals surface area contributed by atoms with Crippen molar-refractivity contribution in [2.75, 3.05) is 0 Å². The van der Waals surface area contributed by atoms with Gasteiger partial charge >= 0.3 is 5.97 Å². The average molecular weight is 379 g/mol. The van der Waals surface area contributed by atoms with Crippen molar-refractivity contribution in [3.63, 3.8) is 0 Å². The summed E-state index contributed by atoms with van der Waals surface area (Å²) in [6.45, 7) is 8.07. The van der Waals surface area contributed by atoms with Gasteiger partial charge in [0.2, 0.25) is 0 Å². The van der Waals surface area contributed by atoms with Gasteiger partial charge in [-0.1, -0.05) is 69.3 Å². The maximum absolute atomic E-state index is 12.2. The maximum atomic E-state index is 12.2. The molecule has 27 heavy (non-hydrogen) atoms. The van der Waals surface area contributed by atoms with Gasteiger partial charge < -0.3 is 4.18 Å². The van der Waals surface area contributed by atoms with Crippen molar-refractivity contribution < 1.29 is 8.98 Å². The lowest BCUT2D eigenvalue weighted by Crippen LogP contribution is -2.13. The van der Waals surface area contributed by atoms with E-state index < -0.39 is 10.3 Å². The fourth-order valence-corrected chi connectivity index (χ4v) is 6.16. The van der Waals surface area contributed by atoms with Crippen molar-refractivity contribution in [1.82, 2.24) is 0 Å². The lowest BCUT2D eigenvalue weighted by atomic mass is 9.87. The molecule has 0 aliphatic heterocycles. The summed E-state index contributed by atoms with van der Waals surface area (Å²) in [7, 11) is -2.14. The summed E-state index contributed by atoms with van der Waals surface area (Å²) in [6.07, 6.45) is 0. The number of carbonyl (C=O) groups is 1. The summed E-state index contributed by atoms with van der Waals surface area (Å²) in [5.74, 6) is -0.280. The van der Waals surface area contributed by atoms with Crippen LogP contribution in [0.4, 0.5) is 0 Å². The smallest absolute Gasteiger partial charge is 0.313 e. The minimum Gasteiger partial charge on any atom is -0.402 e. The molecule has 3 aromatic rings. The first-order chi connectivity index (χ1) is 12.8. The van der Waals surface area contributed by atoms with Crippen LogP contribution in [0.1, 0.15) is 33.3 Å². The van der Waals surface area contributed by atoms with Crippen LogP contribution in [0, 0.1) is 0 Å². The molecule has 0 aliphatic carbocycles. The lowest BCUT2D eigenvalue weighted by molar-refractivity contribution is -0.131. The van der Waals surface area contributed by atoms with Crippen molar-refractivity contribution in [2.45, 2.75) is 47.8 Å². The third kappa shape index (κ3) is 3.93. The SMILES string of the molecule is CC(=O)OS(c1ccccc1)(c1ccccc1)c1ccc(C(C)(C)C)cc1. The van der Waals surface area contributed by atoms with Crippen molar-refractivity contribution >= 4 is 16.3 Å². The Morgan fingerprint density at radius 2 is 1.11 bits per heavy atom. The van der Waals surface area contributed by atoms with Crippen LogP contribution in [0.2, 0.25) is 0 Å². The zero-order valence-corrected chi connectivity index (χ0v) is 17.1. The van der Waals surface area contributed by atoms with Crippen LogP contribution in [0.15, 0.2) is 99.6 Å². The Morgan fingerprint density at radius 3 is 1.48 bits per heavy atom. The van der Waals surface area contributed by atoms with Gasteiger partial charge in [0.1, 0.15) is 0 Å². The van der Waals surface area contributed by atoms with E-state index in [-0.39, 0.29) is 11.4 Å². The molecular formula is C24H26O2S. The summed E-state index contributed by atoms with van der Waals surface area (Å²) >= 11 is 0. The van der Waals surface area contributed by atoms with Gasteiger partial charge in [0.05, 0.1) is 0 Å². The minimum atomic E-state index is -2.14. The summed E-state index contributed by atoms with van der Waals surface area (Å²) in [5.41, 5.74) is 1.32. The molecule has 0 N–H and O–H groups in total. The predicted octanol–water partition coefficient (Wildman–Crippen LogP) is 6.74. The van der Waals surface area contributed by atoms with Crippen LogP contribution in [-0.2, 0) is 14.4 Å². The molecule has 2 nitrogen and oxygen atoms in total. The van der Waals surface area contributed by atoms with Crippen molar-refractivity contribution in [2.24, 2.45) is 0 Å². The zero-order valence-electron chi connectivity index (χ0n) is 16.3. The van der Waals surface area contributed by atoms with Gasteiger partial charge in [0.15, 0.2) is 0 Å². The van der Waals surface area contributed by atoms with E-state index in [2.05, 4.69) is 45.0 Å². The van der Waals surface area contributed by atoms with Crippen LogP contribution in [0.5, 0.6) is 0 Å². The van der Waals surface area contributed by atoms with Crippen LogP contribution >= 0.6 is 10.3 Å². The van der Waals surface area contributed by atoms with Gasteiger partial charge in [0, 0.05) is 21.6 Å². The van der Waals surface area contributed by atoms with E-state index in [1.807, 2.05) is 60.7 Å². The normalized spacial score (nSPS) is 12.4. The number of hydrogen-bond acceptors (Lipinski definition) is 2. The summed E-state index contributed by atoms with van der Waals surface area (Å²) < 4.78 is 6.17. The second kappa shape index (κ2) is 7.61. The number of hydrogen-bond donors (Lipinski definition) is 0. The lowest BCUT2D eigenvalue weighted by Gasteiger charge is -2.39. The average Bonchev–Trinajstić information content (AvgIpc) is 2.67. The monoisotopic (exact) mass is 378 g/mol. The Hall–Kier alpha value is -2.52. The van der Waals surface area contributed by atoms with Gasteiger partial charge in [-0.05, 0) is 57.7 Å². The van der Waals surface area contributed by atoms with Crippen molar-refractivity contribution in [3.8, 4) is 0 Å². The predicted molar refractivity (Wildman–Crippen MR) is 112 cm³/mol. The molecule has 0 heterocycles. The maximum Gasteiger partial charge on any atom is 0.313 e. The second-order valence-corrected chi connectivity index (χ2v) is 10.2. The standard InChI is InChI=1S/C24H26O2S/c1-19(25)26-27(21-11-7-5-8-12-21,22-13-9-6-10-14-22)23-17-15-20(16-18-23)24(2,3)4/h5-18H,1-4H3. The Balaban J connectivity index is 2.27. The molecule has 0 aromatic heterocycles. The summed E-state index contributed by atoms with van der Waals surface area (Å²) in [6, 6.07) is 28.6. The van der Waals surface area contributed by atoms with Crippen LogP contribution in [0.3, 0.4) is 0 Å². The molecule has 3 heteroatoms.